The Kier molecular flexibility index (Phi) is 6.02. The summed E-state index contributed by atoms with van der Waals surface area (Å²) < 4.78 is 12.3. The van der Waals surface area contributed by atoms with E-state index in [0.29, 0.717) is 30.1 Å². The zero-order valence-corrected chi connectivity index (χ0v) is 17.1. The number of nitrogens with zero attached hydrogens (tertiary/aromatic N) is 1. The highest BCUT2D eigenvalue weighted by molar-refractivity contribution is 6.33. The second kappa shape index (κ2) is 9.02. The van der Waals surface area contributed by atoms with Gasteiger partial charge in [-0.15, -0.1) is 0 Å². The highest BCUT2D eigenvalue weighted by Crippen LogP contribution is 2.35. The number of nitrogens with two attached hydrogens (primary N) is 1. The number of anilines is 1. The molecule has 150 valence electrons. The van der Waals surface area contributed by atoms with Crippen molar-refractivity contribution in [3.05, 3.63) is 82.5 Å². The monoisotopic (exact) mass is 417 g/mol. The molecule has 2 aromatic carbocycles. The maximum Gasteiger partial charge on any atom is 0.123 e. The van der Waals surface area contributed by atoms with Gasteiger partial charge in [-0.25, -0.2) is 4.98 Å². The molecule has 4 rings (SSSR count). The van der Waals surface area contributed by atoms with Crippen LogP contribution in [0.2, 0.25) is 5.02 Å². The molecule has 2 aromatic heterocycles. The van der Waals surface area contributed by atoms with Gasteiger partial charge in [0.05, 0.1) is 12.4 Å². The van der Waals surface area contributed by atoms with Gasteiger partial charge in [-0.1, -0.05) is 53.8 Å². The molecule has 5 heteroatoms. The summed E-state index contributed by atoms with van der Waals surface area (Å²) in [6, 6.07) is 19.5. The maximum atomic E-state index is 12.3. The van der Waals surface area contributed by atoms with Gasteiger partial charge < -0.3 is 10.7 Å². The maximum absolute atomic E-state index is 12.3. The number of fused-ring (bicyclic) bond motifs is 1. The van der Waals surface area contributed by atoms with Gasteiger partial charge in [0.15, 0.2) is 0 Å². The third-order valence-electron chi connectivity index (χ3n) is 4.90. The molecule has 3 N–H and O–H groups in total. The zero-order chi connectivity index (χ0) is 20.9. The molecule has 3 nitrogen and oxygen atoms in total. The number of hydrogen-bond acceptors (Lipinski definition) is 2. The van der Waals surface area contributed by atoms with Gasteiger partial charge in [0.25, 0.3) is 0 Å². The largest absolute Gasteiger partial charge is 0.384 e. The fourth-order valence-electron chi connectivity index (χ4n) is 3.51. The van der Waals surface area contributed by atoms with E-state index in [1.54, 1.807) is 6.07 Å². The summed E-state index contributed by atoms with van der Waals surface area (Å²) in [6.07, 6.45) is 1.63. The molecule has 0 spiro atoms. The molecule has 0 radical (unpaired) electrons. The summed E-state index contributed by atoms with van der Waals surface area (Å²) in [7, 11) is 0. The third-order valence-corrected chi connectivity index (χ3v) is 5.23. The number of aromatic nitrogens is 2. The van der Waals surface area contributed by atoms with Crippen LogP contribution in [0, 0.1) is 11.8 Å². The standard InChI is InChI=1S/C25H21ClFN3/c26-22-10-4-3-9-20(22)25-21(16-18-8-6-11-24(28)29-18)19-13-12-17(15-23(19)30-25)7-2-1-5-14-27/h3-4,6,8-13,15,30H,1,5,14,16H2,(H2,28,29). The Bertz CT molecular complexity index is 1250. The molecule has 0 amide bonds. The van der Waals surface area contributed by atoms with Crippen LogP contribution in [-0.4, -0.2) is 16.6 Å². The summed E-state index contributed by atoms with van der Waals surface area (Å²) in [6.45, 7) is -0.340. The van der Waals surface area contributed by atoms with Crippen LogP contribution >= 0.6 is 11.6 Å². The van der Waals surface area contributed by atoms with E-state index in [0.717, 1.165) is 39.0 Å². The van der Waals surface area contributed by atoms with Crippen LogP contribution in [-0.2, 0) is 6.42 Å². The number of alkyl halides is 1. The minimum absolute atomic E-state index is 0.340. The highest BCUT2D eigenvalue weighted by Gasteiger charge is 2.16. The first-order valence-corrected chi connectivity index (χ1v) is 10.2. The van der Waals surface area contributed by atoms with Gasteiger partial charge in [0.1, 0.15) is 5.82 Å². The number of hydrogen-bond donors (Lipinski definition) is 2. The van der Waals surface area contributed by atoms with E-state index in [4.69, 9.17) is 17.3 Å². The topological polar surface area (TPSA) is 54.7 Å². The molecule has 0 unspecified atom stereocenters. The Morgan fingerprint density at radius 3 is 2.73 bits per heavy atom. The number of aromatic amines is 1. The predicted octanol–water partition coefficient (Wildman–Crippen LogP) is 6.16. The number of rotatable bonds is 5. The second-order valence-corrected chi connectivity index (χ2v) is 7.45. The van der Waals surface area contributed by atoms with Gasteiger partial charge in [0, 0.05) is 45.6 Å². The van der Waals surface area contributed by atoms with Crippen LogP contribution in [0.15, 0.2) is 60.7 Å². The molecule has 0 atom stereocenters. The van der Waals surface area contributed by atoms with E-state index < -0.39 is 0 Å². The average Bonchev–Trinajstić information content (AvgIpc) is 3.09. The van der Waals surface area contributed by atoms with Crippen LogP contribution in [0.3, 0.4) is 0 Å². The number of benzene rings is 2. The Hall–Kier alpha value is -3.29. The molecule has 4 aromatic rings. The molecular formula is C25H21ClFN3. The quantitative estimate of drug-likeness (QED) is 0.302. The Labute approximate surface area is 180 Å². The number of halogens is 2. The van der Waals surface area contributed by atoms with E-state index >= 15 is 0 Å². The van der Waals surface area contributed by atoms with E-state index in [-0.39, 0.29) is 6.67 Å². The fraction of sp³-hybridized carbons (Fsp3) is 0.160. The van der Waals surface area contributed by atoms with E-state index in [1.807, 2.05) is 48.5 Å². The summed E-state index contributed by atoms with van der Waals surface area (Å²) in [4.78, 5) is 7.99. The smallest absolute Gasteiger partial charge is 0.123 e. The van der Waals surface area contributed by atoms with Crippen molar-refractivity contribution in [2.45, 2.75) is 19.3 Å². The van der Waals surface area contributed by atoms with Crippen molar-refractivity contribution in [2.24, 2.45) is 0 Å². The highest BCUT2D eigenvalue weighted by atomic mass is 35.5. The molecule has 30 heavy (non-hydrogen) atoms. The lowest BCUT2D eigenvalue weighted by molar-refractivity contribution is 0.477. The van der Waals surface area contributed by atoms with Crippen molar-refractivity contribution in [1.29, 1.82) is 0 Å². The summed E-state index contributed by atoms with van der Waals surface area (Å²) in [5.74, 6) is 6.64. The van der Waals surface area contributed by atoms with Crippen LogP contribution in [0.1, 0.15) is 29.7 Å². The van der Waals surface area contributed by atoms with Crippen LogP contribution in [0.5, 0.6) is 0 Å². The molecule has 2 heterocycles. The summed E-state index contributed by atoms with van der Waals surface area (Å²) in [5.41, 5.74) is 11.6. The van der Waals surface area contributed by atoms with E-state index in [2.05, 4.69) is 27.9 Å². The first kappa shape index (κ1) is 20.0. The SMILES string of the molecule is Nc1cccc(Cc2c(-c3ccccc3Cl)[nH]c3cc(C#CCCCF)ccc23)n1. The molecule has 0 saturated carbocycles. The number of H-pyrrole nitrogens is 1. The predicted molar refractivity (Wildman–Crippen MR) is 122 cm³/mol. The lowest BCUT2D eigenvalue weighted by Crippen LogP contribution is -1.97. The summed E-state index contributed by atoms with van der Waals surface area (Å²) in [5, 5.41) is 1.76. The number of nitrogen functional groups attached to an aromatic ring is 1. The Balaban J connectivity index is 1.82. The van der Waals surface area contributed by atoms with Gasteiger partial charge in [-0.05, 0) is 42.3 Å². The van der Waals surface area contributed by atoms with E-state index in [1.165, 1.54) is 0 Å². The fourth-order valence-corrected chi connectivity index (χ4v) is 3.74. The van der Waals surface area contributed by atoms with Crippen LogP contribution in [0.4, 0.5) is 10.2 Å². The third kappa shape index (κ3) is 4.32. The van der Waals surface area contributed by atoms with Gasteiger partial charge in [-0.2, -0.15) is 0 Å². The van der Waals surface area contributed by atoms with Gasteiger partial charge in [0.2, 0.25) is 0 Å². The van der Waals surface area contributed by atoms with Crippen molar-refractivity contribution in [3.8, 4) is 23.1 Å². The number of nitrogens with one attached hydrogen (secondary N) is 1. The van der Waals surface area contributed by atoms with Crippen molar-refractivity contribution in [2.75, 3.05) is 12.4 Å². The molecule has 0 aliphatic heterocycles. The lowest BCUT2D eigenvalue weighted by Gasteiger charge is -2.07. The molecular weight excluding hydrogens is 397 g/mol. The first-order valence-electron chi connectivity index (χ1n) is 9.81. The van der Waals surface area contributed by atoms with Gasteiger partial charge in [-0.3, -0.25) is 4.39 Å². The second-order valence-electron chi connectivity index (χ2n) is 7.04. The molecule has 0 aliphatic carbocycles. The molecule has 0 aliphatic rings. The minimum atomic E-state index is -0.340. The Morgan fingerprint density at radius 1 is 1.07 bits per heavy atom. The zero-order valence-electron chi connectivity index (χ0n) is 16.4. The summed E-state index contributed by atoms with van der Waals surface area (Å²) >= 11 is 6.51. The average molecular weight is 418 g/mol. The van der Waals surface area contributed by atoms with Crippen LogP contribution < -0.4 is 5.73 Å². The van der Waals surface area contributed by atoms with Crippen molar-refractivity contribution in [3.63, 3.8) is 0 Å². The molecule has 0 bridgehead atoms. The van der Waals surface area contributed by atoms with Crippen molar-refractivity contribution in [1.82, 2.24) is 9.97 Å². The minimum Gasteiger partial charge on any atom is -0.384 e. The lowest BCUT2D eigenvalue weighted by atomic mass is 10.00. The van der Waals surface area contributed by atoms with Gasteiger partial charge >= 0.3 is 0 Å². The number of unbranched alkanes of at least 4 members (excludes halogenated alkanes) is 1. The Morgan fingerprint density at radius 2 is 1.93 bits per heavy atom. The molecule has 0 saturated heterocycles. The first-order chi connectivity index (χ1) is 14.7. The van der Waals surface area contributed by atoms with Crippen molar-refractivity contribution < 1.29 is 4.39 Å². The van der Waals surface area contributed by atoms with Crippen LogP contribution in [0.25, 0.3) is 22.2 Å². The van der Waals surface area contributed by atoms with E-state index in [9.17, 15) is 4.39 Å². The molecule has 0 fully saturated rings. The normalized spacial score (nSPS) is 10.7. The number of pyridine rings is 1. The van der Waals surface area contributed by atoms with Crippen molar-refractivity contribution >= 4 is 28.3 Å².